The minimum absolute atomic E-state index is 0.247. The van der Waals surface area contributed by atoms with Crippen LogP contribution in [-0.4, -0.2) is 27.4 Å². The lowest BCUT2D eigenvalue weighted by Crippen LogP contribution is -2.23. The molecule has 0 aliphatic heterocycles. The molecule has 0 aliphatic rings. The summed E-state index contributed by atoms with van der Waals surface area (Å²) in [7, 11) is 0. The number of alkyl halides is 3. The second-order valence-electron chi connectivity index (χ2n) is 4.54. The second kappa shape index (κ2) is 8.47. The number of carbonyl (C=O) groups excluding carboxylic acids is 1. The molecule has 0 aliphatic carbocycles. The number of carboxylic acids is 1. The maximum atomic E-state index is 11.6. The van der Waals surface area contributed by atoms with Gasteiger partial charge in [0.25, 0.3) is 0 Å². The van der Waals surface area contributed by atoms with Crippen LogP contribution in [0.5, 0.6) is 0 Å². The highest BCUT2D eigenvalue weighted by molar-refractivity contribution is 6.67. The predicted molar refractivity (Wildman–Crippen MR) is 81.8 cm³/mol. The molecule has 0 bridgehead atoms. The first-order valence-electron chi connectivity index (χ1n) is 6.27. The van der Waals surface area contributed by atoms with E-state index in [0.717, 1.165) is 5.56 Å². The molecule has 0 fully saturated rings. The van der Waals surface area contributed by atoms with E-state index in [9.17, 15) is 9.59 Å². The smallest absolute Gasteiger partial charge is 0.307 e. The fourth-order valence-electron chi connectivity index (χ4n) is 1.72. The summed E-state index contributed by atoms with van der Waals surface area (Å²) in [5.74, 6) is -2.56. The first-order chi connectivity index (χ1) is 9.78. The molecule has 116 valence electrons. The Morgan fingerprint density at radius 1 is 1.19 bits per heavy atom. The summed E-state index contributed by atoms with van der Waals surface area (Å²) in [6, 6.07) is 9.44. The van der Waals surface area contributed by atoms with Gasteiger partial charge in [-0.2, -0.15) is 0 Å². The standard InChI is InChI=1S/C14H15Cl3O4/c15-14(16,17)9-21-12(18)8-11(13(19)20)7-6-10-4-2-1-3-5-10/h1-5,11H,6-9H2,(H,19,20)/t11-/m1/s1. The van der Waals surface area contributed by atoms with E-state index in [2.05, 4.69) is 0 Å². The first kappa shape index (κ1) is 18.1. The molecular weight excluding hydrogens is 339 g/mol. The number of ether oxygens (including phenoxy) is 1. The Morgan fingerprint density at radius 2 is 1.81 bits per heavy atom. The largest absolute Gasteiger partial charge is 0.481 e. The first-order valence-corrected chi connectivity index (χ1v) is 7.40. The Hall–Kier alpha value is -0.970. The summed E-state index contributed by atoms with van der Waals surface area (Å²) < 4.78 is 3.05. The lowest BCUT2D eigenvalue weighted by Gasteiger charge is -2.14. The number of hydrogen-bond acceptors (Lipinski definition) is 3. The van der Waals surface area contributed by atoms with Gasteiger partial charge >= 0.3 is 11.9 Å². The molecule has 1 aromatic carbocycles. The Labute approximate surface area is 137 Å². The van der Waals surface area contributed by atoms with Gasteiger partial charge in [-0.25, -0.2) is 0 Å². The normalized spacial score (nSPS) is 12.7. The van der Waals surface area contributed by atoms with Gasteiger partial charge in [-0.1, -0.05) is 65.1 Å². The van der Waals surface area contributed by atoms with Crippen LogP contribution in [0.2, 0.25) is 0 Å². The van der Waals surface area contributed by atoms with Crippen molar-refractivity contribution >= 4 is 46.7 Å². The van der Waals surface area contributed by atoms with Crippen LogP contribution >= 0.6 is 34.8 Å². The molecule has 1 N–H and O–H groups in total. The molecular formula is C14H15Cl3O4. The van der Waals surface area contributed by atoms with Crippen molar-refractivity contribution in [3.63, 3.8) is 0 Å². The molecule has 0 saturated carbocycles. The monoisotopic (exact) mass is 352 g/mol. The summed E-state index contributed by atoms with van der Waals surface area (Å²) in [6.45, 7) is -0.401. The molecule has 0 spiro atoms. The van der Waals surface area contributed by atoms with Gasteiger partial charge in [0.1, 0.15) is 6.61 Å². The van der Waals surface area contributed by atoms with Crippen molar-refractivity contribution in [2.45, 2.75) is 23.1 Å². The van der Waals surface area contributed by atoms with E-state index in [1.54, 1.807) is 0 Å². The van der Waals surface area contributed by atoms with E-state index in [1.807, 2.05) is 30.3 Å². The summed E-state index contributed by atoms with van der Waals surface area (Å²) in [4.78, 5) is 22.7. The predicted octanol–water partition coefficient (Wildman–Crippen LogP) is 3.62. The number of carbonyl (C=O) groups is 2. The van der Waals surface area contributed by atoms with Crippen LogP contribution in [0.25, 0.3) is 0 Å². The van der Waals surface area contributed by atoms with Crippen LogP contribution in [0.3, 0.4) is 0 Å². The summed E-state index contributed by atoms with van der Waals surface area (Å²) in [5.41, 5.74) is 1.01. The highest BCUT2D eigenvalue weighted by Crippen LogP contribution is 2.26. The molecule has 0 saturated heterocycles. The second-order valence-corrected chi connectivity index (χ2v) is 7.06. The Morgan fingerprint density at radius 3 is 2.33 bits per heavy atom. The molecule has 0 amide bonds. The summed E-state index contributed by atoms with van der Waals surface area (Å²) in [5, 5.41) is 9.14. The van der Waals surface area contributed by atoms with E-state index in [-0.39, 0.29) is 6.42 Å². The maximum absolute atomic E-state index is 11.6. The van der Waals surface area contributed by atoms with Crippen LogP contribution in [0.1, 0.15) is 18.4 Å². The van der Waals surface area contributed by atoms with Crippen LogP contribution < -0.4 is 0 Å². The molecule has 1 atom stereocenters. The maximum Gasteiger partial charge on any atom is 0.307 e. The van der Waals surface area contributed by atoms with Crippen molar-refractivity contribution < 1.29 is 19.4 Å². The minimum atomic E-state index is -1.70. The number of carboxylic acid groups (broad SMARTS) is 1. The molecule has 4 nitrogen and oxygen atoms in total. The fraction of sp³-hybridized carbons (Fsp3) is 0.429. The van der Waals surface area contributed by atoms with Crippen LogP contribution in [0, 0.1) is 5.92 Å². The topological polar surface area (TPSA) is 63.6 Å². The van der Waals surface area contributed by atoms with Gasteiger partial charge in [0, 0.05) is 0 Å². The Bertz CT molecular complexity index is 471. The van der Waals surface area contributed by atoms with E-state index in [4.69, 9.17) is 44.6 Å². The van der Waals surface area contributed by atoms with Crippen LogP contribution in [0.4, 0.5) is 0 Å². The third-order valence-corrected chi connectivity index (χ3v) is 3.11. The third-order valence-electron chi connectivity index (χ3n) is 2.78. The fourth-order valence-corrected chi connectivity index (χ4v) is 1.88. The van der Waals surface area contributed by atoms with Crippen molar-refractivity contribution in [1.29, 1.82) is 0 Å². The van der Waals surface area contributed by atoms with Crippen LogP contribution in [0.15, 0.2) is 30.3 Å². The molecule has 7 heteroatoms. The van der Waals surface area contributed by atoms with Gasteiger partial charge in [0.15, 0.2) is 0 Å². The van der Waals surface area contributed by atoms with Crippen molar-refractivity contribution in [3.8, 4) is 0 Å². The number of aryl methyl sites for hydroxylation is 1. The zero-order chi connectivity index (χ0) is 15.9. The Kier molecular flexibility index (Phi) is 7.29. The zero-order valence-corrected chi connectivity index (χ0v) is 13.4. The molecule has 0 unspecified atom stereocenters. The Balaban J connectivity index is 2.46. The molecule has 0 heterocycles. The van der Waals surface area contributed by atoms with E-state index < -0.39 is 28.3 Å². The number of esters is 1. The van der Waals surface area contributed by atoms with Crippen molar-refractivity contribution in [3.05, 3.63) is 35.9 Å². The lowest BCUT2D eigenvalue weighted by atomic mass is 9.96. The van der Waals surface area contributed by atoms with E-state index in [1.165, 1.54) is 0 Å². The average molecular weight is 354 g/mol. The average Bonchev–Trinajstić information content (AvgIpc) is 2.41. The molecule has 1 aromatic rings. The number of hydrogen-bond donors (Lipinski definition) is 1. The van der Waals surface area contributed by atoms with Gasteiger partial charge < -0.3 is 9.84 Å². The van der Waals surface area contributed by atoms with E-state index >= 15 is 0 Å². The van der Waals surface area contributed by atoms with E-state index in [0.29, 0.717) is 12.8 Å². The number of rotatable bonds is 7. The number of aliphatic carboxylic acids is 1. The van der Waals surface area contributed by atoms with Crippen molar-refractivity contribution in [2.24, 2.45) is 5.92 Å². The molecule has 0 radical (unpaired) electrons. The van der Waals surface area contributed by atoms with Crippen molar-refractivity contribution in [2.75, 3.05) is 6.61 Å². The highest BCUT2D eigenvalue weighted by atomic mass is 35.6. The summed E-state index contributed by atoms with van der Waals surface area (Å²) >= 11 is 16.4. The van der Waals surface area contributed by atoms with Gasteiger partial charge in [-0.05, 0) is 18.4 Å². The van der Waals surface area contributed by atoms with Gasteiger partial charge in [0.2, 0.25) is 3.79 Å². The molecule has 1 rings (SSSR count). The molecule has 21 heavy (non-hydrogen) atoms. The highest BCUT2D eigenvalue weighted by Gasteiger charge is 2.25. The SMILES string of the molecule is O=C(C[C@@H](CCc1ccccc1)C(=O)O)OCC(Cl)(Cl)Cl. The van der Waals surface area contributed by atoms with Gasteiger partial charge in [-0.15, -0.1) is 0 Å². The zero-order valence-electron chi connectivity index (χ0n) is 11.1. The quantitative estimate of drug-likeness (QED) is 0.600. The van der Waals surface area contributed by atoms with Gasteiger partial charge in [-0.3, -0.25) is 9.59 Å². The van der Waals surface area contributed by atoms with Gasteiger partial charge in [0.05, 0.1) is 12.3 Å². The van der Waals surface area contributed by atoms with Crippen LogP contribution in [-0.2, 0) is 20.7 Å². The van der Waals surface area contributed by atoms with Crippen molar-refractivity contribution in [1.82, 2.24) is 0 Å². The molecule has 0 aromatic heterocycles. The summed E-state index contributed by atoms with van der Waals surface area (Å²) in [6.07, 6.45) is 0.653. The lowest BCUT2D eigenvalue weighted by molar-refractivity contribution is -0.151. The third kappa shape index (κ3) is 8.15. The number of benzene rings is 1. The number of halogens is 3. The minimum Gasteiger partial charge on any atom is -0.481 e.